The van der Waals surface area contributed by atoms with Gasteiger partial charge in [0.25, 0.3) is 11.6 Å². The minimum atomic E-state index is -0.776. The van der Waals surface area contributed by atoms with Gasteiger partial charge >= 0.3 is 0 Å². The third-order valence-electron chi connectivity index (χ3n) is 3.64. The lowest BCUT2D eigenvalue weighted by Crippen LogP contribution is -2.14. The summed E-state index contributed by atoms with van der Waals surface area (Å²) in [7, 11) is 1.38. The second kappa shape index (κ2) is 10.0. The monoisotopic (exact) mass is 523 g/mol. The molecular formula is C19H15Br2N3O5. The van der Waals surface area contributed by atoms with E-state index >= 15 is 0 Å². The van der Waals surface area contributed by atoms with Gasteiger partial charge in [0.15, 0.2) is 0 Å². The number of nitriles is 1. The first-order valence-electron chi connectivity index (χ1n) is 8.18. The van der Waals surface area contributed by atoms with Crippen molar-refractivity contribution in [2.45, 2.75) is 6.92 Å². The van der Waals surface area contributed by atoms with Gasteiger partial charge in [0.2, 0.25) is 0 Å². The number of hydrogen-bond donors (Lipinski definition) is 1. The quantitative estimate of drug-likeness (QED) is 0.234. The standard InChI is InChI=1S/C19H15Br2N3O5/c1-3-29-18-14(20)7-11(8-15(18)21)6-12(10-22)19(25)23-16-5-4-13(28-2)9-17(16)24(26)27/h4-9H,3H2,1-2H3,(H,23,25)/b12-6+. The number of nitro groups is 1. The van der Waals surface area contributed by atoms with Gasteiger partial charge < -0.3 is 14.8 Å². The molecule has 0 aliphatic carbocycles. The summed E-state index contributed by atoms with van der Waals surface area (Å²) < 4.78 is 11.7. The number of carbonyl (C=O) groups is 1. The van der Waals surface area contributed by atoms with Crippen molar-refractivity contribution in [2.24, 2.45) is 0 Å². The highest BCUT2D eigenvalue weighted by Crippen LogP contribution is 2.35. The van der Waals surface area contributed by atoms with Crippen LogP contribution in [0.2, 0.25) is 0 Å². The third kappa shape index (κ3) is 5.56. The van der Waals surface area contributed by atoms with E-state index in [0.29, 0.717) is 26.9 Å². The number of nitrogens with zero attached hydrogens (tertiary/aromatic N) is 2. The van der Waals surface area contributed by atoms with Crippen molar-refractivity contribution in [3.8, 4) is 17.6 Å². The summed E-state index contributed by atoms with van der Waals surface area (Å²) in [5.74, 6) is 0.0956. The maximum atomic E-state index is 12.5. The van der Waals surface area contributed by atoms with Crippen molar-refractivity contribution in [1.29, 1.82) is 5.26 Å². The van der Waals surface area contributed by atoms with Crippen molar-refractivity contribution in [3.63, 3.8) is 0 Å². The molecule has 0 saturated carbocycles. The minimum absolute atomic E-state index is 0.0454. The lowest BCUT2D eigenvalue weighted by atomic mass is 10.1. The van der Waals surface area contributed by atoms with Crippen LogP contribution in [0, 0.1) is 21.4 Å². The number of carbonyl (C=O) groups excluding carboxylic acids is 1. The van der Waals surface area contributed by atoms with Gasteiger partial charge in [0.05, 0.1) is 33.7 Å². The van der Waals surface area contributed by atoms with E-state index in [1.54, 1.807) is 12.1 Å². The van der Waals surface area contributed by atoms with Gasteiger partial charge in [-0.15, -0.1) is 0 Å². The van der Waals surface area contributed by atoms with E-state index in [4.69, 9.17) is 9.47 Å². The summed E-state index contributed by atoms with van der Waals surface area (Å²) in [6, 6.07) is 9.19. The van der Waals surface area contributed by atoms with Crippen LogP contribution in [0.3, 0.4) is 0 Å². The van der Waals surface area contributed by atoms with E-state index in [-0.39, 0.29) is 22.7 Å². The Hall–Kier alpha value is -2.90. The molecular weight excluding hydrogens is 510 g/mol. The summed E-state index contributed by atoms with van der Waals surface area (Å²) in [6.45, 7) is 2.32. The zero-order valence-corrected chi connectivity index (χ0v) is 18.5. The summed E-state index contributed by atoms with van der Waals surface area (Å²) in [4.78, 5) is 23.1. The normalized spacial score (nSPS) is 10.8. The van der Waals surface area contributed by atoms with E-state index in [2.05, 4.69) is 37.2 Å². The van der Waals surface area contributed by atoms with Crippen molar-refractivity contribution < 1.29 is 19.2 Å². The number of anilines is 1. The maximum absolute atomic E-state index is 12.5. The van der Waals surface area contributed by atoms with Crippen molar-refractivity contribution in [1.82, 2.24) is 0 Å². The van der Waals surface area contributed by atoms with Gasteiger partial charge in [0, 0.05) is 0 Å². The van der Waals surface area contributed by atoms with Gasteiger partial charge in [0.1, 0.15) is 28.8 Å². The fourth-order valence-corrected chi connectivity index (χ4v) is 3.80. The molecule has 0 heterocycles. The number of rotatable bonds is 7. The minimum Gasteiger partial charge on any atom is -0.496 e. The molecule has 0 unspecified atom stereocenters. The highest BCUT2D eigenvalue weighted by molar-refractivity contribution is 9.11. The zero-order chi connectivity index (χ0) is 21.6. The zero-order valence-electron chi connectivity index (χ0n) is 15.4. The van der Waals surface area contributed by atoms with Crippen molar-refractivity contribution in [3.05, 3.63) is 60.5 Å². The second-order valence-electron chi connectivity index (χ2n) is 5.51. The molecule has 0 aliphatic rings. The first-order chi connectivity index (χ1) is 13.8. The number of nitrogens with one attached hydrogen (secondary N) is 1. The number of amides is 1. The first kappa shape index (κ1) is 22.4. The van der Waals surface area contributed by atoms with E-state index < -0.39 is 10.8 Å². The predicted octanol–water partition coefficient (Wildman–Crippen LogP) is 5.07. The average Bonchev–Trinajstić information content (AvgIpc) is 2.68. The molecule has 0 saturated heterocycles. The van der Waals surface area contributed by atoms with Gasteiger partial charge in [-0.2, -0.15) is 5.26 Å². The Morgan fingerprint density at radius 2 is 1.97 bits per heavy atom. The molecule has 29 heavy (non-hydrogen) atoms. The summed E-state index contributed by atoms with van der Waals surface area (Å²) in [5.41, 5.74) is -0.0567. The molecule has 2 rings (SSSR count). The molecule has 0 bridgehead atoms. The molecule has 0 atom stereocenters. The van der Waals surface area contributed by atoms with Crippen molar-refractivity contribution in [2.75, 3.05) is 19.0 Å². The molecule has 0 radical (unpaired) electrons. The predicted molar refractivity (Wildman–Crippen MR) is 115 cm³/mol. The Morgan fingerprint density at radius 1 is 1.31 bits per heavy atom. The van der Waals surface area contributed by atoms with Gasteiger partial charge in [-0.3, -0.25) is 14.9 Å². The van der Waals surface area contributed by atoms with Crippen LogP contribution >= 0.6 is 31.9 Å². The van der Waals surface area contributed by atoms with Crippen LogP contribution in [0.15, 0.2) is 44.9 Å². The Labute approximate surface area is 183 Å². The molecule has 150 valence electrons. The number of benzene rings is 2. The highest BCUT2D eigenvalue weighted by atomic mass is 79.9. The lowest BCUT2D eigenvalue weighted by Gasteiger charge is -2.10. The smallest absolute Gasteiger partial charge is 0.296 e. The third-order valence-corrected chi connectivity index (χ3v) is 4.81. The molecule has 8 nitrogen and oxygen atoms in total. The molecule has 0 aliphatic heterocycles. The van der Waals surface area contributed by atoms with Gasteiger partial charge in [-0.25, -0.2) is 0 Å². The number of ether oxygens (including phenoxy) is 2. The molecule has 0 fully saturated rings. The summed E-state index contributed by atoms with van der Waals surface area (Å²) in [5, 5.41) is 23.1. The Balaban J connectivity index is 2.35. The van der Waals surface area contributed by atoms with Gasteiger partial charge in [-0.05, 0) is 74.7 Å². The number of nitro benzene ring substituents is 1. The summed E-state index contributed by atoms with van der Waals surface area (Å²) >= 11 is 6.77. The number of halogens is 2. The van der Waals surface area contributed by atoms with Crippen LogP contribution in [0.1, 0.15) is 12.5 Å². The lowest BCUT2D eigenvalue weighted by molar-refractivity contribution is -0.384. The van der Waals surface area contributed by atoms with E-state index in [9.17, 15) is 20.2 Å². The number of methoxy groups -OCH3 is 1. The van der Waals surface area contributed by atoms with Crippen LogP contribution in [0.5, 0.6) is 11.5 Å². The Kier molecular flexibility index (Phi) is 7.75. The van der Waals surface area contributed by atoms with Crippen LogP contribution in [-0.2, 0) is 4.79 Å². The SMILES string of the molecule is CCOc1c(Br)cc(/C=C(\C#N)C(=O)Nc2ccc(OC)cc2[N+](=O)[O-])cc1Br. The van der Waals surface area contributed by atoms with Crippen molar-refractivity contribution >= 4 is 55.2 Å². The molecule has 2 aromatic rings. The largest absolute Gasteiger partial charge is 0.496 e. The van der Waals surface area contributed by atoms with Crippen LogP contribution in [0.25, 0.3) is 6.08 Å². The van der Waals surface area contributed by atoms with Crippen LogP contribution < -0.4 is 14.8 Å². The molecule has 0 spiro atoms. The Morgan fingerprint density at radius 3 is 2.48 bits per heavy atom. The van der Waals surface area contributed by atoms with E-state index in [0.717, 1.165) is 0 Å². The highest BCUT2D eigenvalue weighted by Gasteiger charge is 2.19. The summed E-state index contributed by atoms with van der Waals surface area (Å²) in [6.07, 6.45) is 1.37. The fourth-order valence-electron chi connectivity index (χ4n) is 2.35. The molecule has 1 amide bonds. The molecule has 1 N–H and O–H groups in total. The number of hydrogen-bond acceptors (Lipinski definition) is 6. The second-order valence-corrected chi connectivity index (χ2v) is 7.22. The van der Waals surface area contributed by atoms with Crippen LogP contribution in [-0.4, -0.2) is 24.5 Å². The van der Waals surface area contributed by atoms with Gasteiger partial charge in [-0.1, -0.05) is 0 Å². The van der Waals surface area contributed by atoms with E-state index in [1.807, 2.05) is 13.0 Å². The topological polar surface area (TPSA) is 114 Å². The fraction of sp³-hybridized carbons (Fsp3) is 0.158. The molecule has 2 aromatic carbocycles. The molecule has 0 aromatic heterocycles. The maximum Gasteiger partial charge on any atom is 0.296 e. The van der Waals surface area contributed by atoms with Crippen LogP contribution in [0.4, 0.5) is 11.4 Å². The van der Waals surface area contributed by atoms with E-state index in [1.165, 1.54) is 31.4 Å². The average molecular weight is 525 g/mol. The Bertz CT molecular complexity index is 1010. The first-order valence-corrected chi connectivity index (χ1v) is 9.76. The molecule has 10 heteroatoms.